The predicted octanol–water partition coefficient (Wildman–Crippen LogP) is 3.15. The van der Waals surface area contributed by atoms with E-state index in [0.29, 0.717) is 6.54 Å². The number of aryl methyl sites for hydroxylation is 1. The van der Waals surface area contributed by atoms with Gasteiger partial charge in [-0.15, -0.1) is 0 Å². The number of amides is 1. The molecule has 0 bridgehead atoms. The summed E-state index contributed by atoms with van der Waals surface area (Å²) in [6.07, 6.45) is 7.06. The van der Waals surface area contributed by atoms with Crippen LogP contribution in [0.15, 0.2) is 54.7 Å². The molecule has 1 unspecified atom stereocenters. The zero-order chi connectivity index (χ0) is 22.5. The molecule has 0 fully saturated rings. The Morgan fingerprint density at radius 2 is 2.12 bits per heavy atom. The van der Waals surface area contributed by atoms with Gasteiger partial charge in [0.2, 0.25) is 0 Å². The Labute approximate surface area is 187 Å². The number of hydrogen-bond acceptors (Lipinski definition) is 5. The largest absolute Gasteiger partial charge is 0.497 e. The Kier molecular flexibility index (Phi) is 6.90. The summed E-state index contributed by atoms with van der Waals surface area (Å²) in [5.74, 6) is 0.295. The number of carbonyl (C=O) groups excluding carboxylic acids is 1. The summed E-state index contributed by atoms with van der Waals surface area (Å²) in [4.78, 5) is 13.6. The second-order valence-electron chi connectivity index (χ2n) is 8.02. The number of methoxy groups -OCH3 is 1. The molecule has 2 aromatic carbocycles. The predicted molar refractivity (Wildman–Crippen MR) is 124 cm³/mol. The van der Waals surface area contributed by atoms with Gasteiger partial charge in [-0.25, -0.2) is 5.48 Å². The molecule has 0 radical (unpaired) electrons. The van der Waals surface area contributed by atoms with E-state index >= 15 is 0 Å². The van der Waals surface area contributed by atoms with Gasteiger partial charge in [-0.05, 0) is 59.2 Å². The molecule has 1 aromatic heterocycles. The Bertz CT molecular complexity index is 1120. The fourth-order valence-corrected chi connectivity index (χ4v) is 4.58. The van der Waals surface area contributed by atoms with Crippen molar-refractivity contribution in [3.63, 3.8) is 0 Å². The van der Waals surface area contributed by atoms with E-state index in [0.717, 1.165) is 42.8 Å². The molecule has 0 saturated carbocycles. The van der Waals surface area contributed by atoms with Crippen molar-refractivity contribution in [2.45, 2.75) is 25.4 Å². The van der Waals surface area contributed by atoms with Crippen molar-refractivity contribution in [2.75, 3.05) is 26.8 Å². The molecular weight excluding hydrogens is 406 g/mol. The number of nitrogens with one attached hydrogen (secondary N) is 1. The fourth-order valence-electron chi connectivity index (χ4n) is 4.58. The van der Waals surface area contributed by atoms with Gasteiger partial charge < -0.3 is 14.4 Å². The number of ether oxygens (including phenoxy) is 1. The second-order valence-corrected chi connectivity index (χ2v) is 8.02. The molecule has 0 spiro atoms. The molecular formula is C25H29N3O4. The quantitative estimate of drug-likeness (QED) is 0.273. The lowest BCUT2D eigenvalue weighted by atomic mass is 10.0. The van der Waals surface area contributed by atoms with Crippen LogP contribution in [0.1, 0.15) is 29.2 Å². The zero-order valence-corrected chi connectivity index (χ0v) is 18.2. The first-order valence-electron chi connectivity index (χ1n) is 10.9. The maximum absolute atomic E-state index is 11.2. The van der Waals surface area contributed by atoms with Crippen LogP contribution < -0.4 is 10.2 Å². The van der Waals surface area contributed by atoms with E-state index in [4.69, 9.17) is 9.94 Å². The highest BCUT2D eigenvalue weighted by atomic mass is 16.5. The number of nitrogens with zero attached hydrogens (tertiary/aromatic N) is 2. The van der Waals surface area contributed by atoms with Crippen LogP contribution in [0.25, 0.3) is 17.0 Å². The minimum Gasteiger partial charge on any atom is -0.497 e. The van der Waals surface area contributed by atoms with Gasteiger partial charge in [-0.1, -0.05) is 18.2 Å². The van der Waals surface area contributed by atoms with Crippen molar-refractivity contribution < 1.29 is 19.8 Å². The molecule has 168 valence electrons. The smallest absolute Gasteiger partial charge is 0.267 e. The number of benzene rings is 2. The van der Waals surface area contributed by atoms with E-state index in [2.05, 4.69) is 46.0 Å². The number of aliphatic hydroxyl groups is 1. The van der Waals surface area contributed by atoms with Crippen LogP contribution in [0.3, 0.4) is 0 Å². The maximum Gasteiger partial charge on any atom is 0.267 e. The average molecular weight is 436 g/mol. The molecule has 1 aliphatic carbocycles. The highest BCUT2D eigenvalue weighted by Crippen LogP contribution is 2.36. The molecule has 1 atom stereocenters. The van der Waals surface area contributed by atoms with Crippen molar-refractivity contribution in [3.05, 3.63) is 71.4 Å². The summed E-state index contributed by atoms with van der Waals surface area (Å²) < 4.78 is 7.62. The first-order valence-corrected chi connectivity index (χ1v) is 10.9. The molecule has 1 aliphatic rings. The first-order chi connectivity index (χ1) is 15.6. The molecule has 0 aliphatic heterocycles. The normalized spacial score (nSPS) is 15.6. The third-order valence-electron chi connectivity index (χ3n) is 6.19. The number of carbonyl (C=O) groups is 1. The van der Waals surface area contributed by atoms with Crippen molar-refractivity contribution in [2.24, 2.45) is 0 Å². The first kappa shape index (κ1) is 22.1. The molecule has 32 heavy (non-hydrogen) atoms. The van der Waals surface area contributed by atoms with E-state index in [1.165, 1.54) is 22.6 Å². The van der Waals surface area contributed by atoms with Crippen LogP contribution in [0.2, 0.25) is 0 Å². The van der Waals surface area contributed by atoms with Crippen LogP contribution in [0, 0.1) is 0 Å². The van der Waals surface area contributed by atoms with Gasteiger partial charge in [0, 0.05) is 44.0 Å². The van der Waals surface area contributed by atoms with E-state index in [9.17, 15) is 9.90 Å². The van der Waals surface area contributed by atoms with Crippen LogP contribution in [0.5, 0.6) is 5.75 Å². The SMILES string of the molecule is COc1ccc2ccn(CCN(CCO)C3CCc4cc(C=CC(=O)NO)ccc43)c2c1. The standard InChI is InChI=1S/C25H29N3O4/c1-32-21-6-4-19-10-11-27(24(19)17-21)12-13-28(14-15-29)23-8-5-20-16-18(2-7-22(20)23)3-9-25(30)26-31/h2-4,6-7,9-11,16-17,23,29,31H,5,8,12-15H2,1H3,(H,26,30). The zero-order valence-electron chi connectivity index (χ0n) is 18.2. The molecule has 3 N–H and O–H groups in total. The van der Waals surface area contributed by atoms with Crippen LogP contribution in [0.4, 0.5) is 0 Å². The number of hydroxylamine groups is 1. The van der Waals surface area contributed by atoms with Crippen molar-refractivity contribution in [3.8, 4) is 5.75 Å². The van der Waals surface area contributed by atoms with Gasteiger partial charge in [-0.3, -0.25) is 14.9 Å². The van der Waals surface area contributed by atoms with Crippen LogP contribution in [-0.4, -0.2) is 52.5 Å². The number of aromatic nitrogens is 1. The number of hydrogen-bond donors (Lipinski definition) is 3. The lowest BCUT2D eigenvalue weighted by molar-refractivity contribution is -0.124. The van der Waals surface area contributed by atoms with Crippen LogP contribution >= 0.6 is 0 Å². The van der Waals surface area contributed by atoms with Crippen LogP contribution in [-0.2, 0) is 17.8 Å². The number of fused-ring (bicyclic) bond motifs is 2. The molecule has 1 heterocycles. The third-order valence-corrected chi connectivity index (χ3v) is 6.19. The Morgan fingerprint density at radius 3 is 2.91 bits per heavy atom. The maximum atomic E-state index is 11.2. The highest BCUT2D eigenvalue weighted by Gasteiger charge is 2.27. The molecule has 3 aromatic rings. The van der Waals surface area contributed by atoms with E-state index < -0.39 is 5.91 Å². The summed E-state index contributed by atoms with van der Waals surface area (Å²) in [6, 6.07) is 14.7. The van der Waals surface area contributed by atoms with Gasteiger partial charge in [0.25, 0.3) is 5.91 Å². The molecule has 1 amide bonds. The van der Waals surface area contributed by atoms with Gasteiger partial charge in [-0.2, -0.15) is 0 Å². The van der Waals surface area contributed by atoms with E-state index in [1.807, 2.05) is 12.1 Å². The summed E-state index contributed by atoms with van der Waals surface area (Å²) in [7, 11) is 1.68. The minimum absolute atomic E-state index is 0.114. The fraction of sp³-hybridized carbons (Fsp3) is 0.320. The summed E-state index contributed by atoms with van der Waals surface area (Å²) in [6.45, 7) is 2.37. The molecule has 0 saturated heterocycles. The van der Waals surface area contributed by atoms with Gasteiger partial charge in [0.05, 0.1) is 19.2 Å². The molecule has 7 heteroatoms. The second kappa shape index (κ2) is 9.99. The Hall–Kier alpha value is -3.13. The van der Waals surface area contributed by atoms with Gasteiger partial charge in [0.1, 0.15) is 5.75 Å². The monoisotopic (exact) mass is 435 g/mol. The summed E-state index contributed by atoms with van der Waals surface area (Å²) >= 11 is 0. The third kappa shape index (κ3) is 4.70. The van der Waals surface area contributed by atoms with Crippen molar-refractivity contribution in [1.82, 2.24) is 14.9 Å². The topological polar surface area (TPSA) is 87.0 Å². The molecule has 4 rings (SSSR count). The minimum atomic E-state index is -0.548. The highest BCUT2D eigenvalue weighted by molar-refractivity contribution is 5.90. The number of aliphatic hydroxyl groups excluding tert-OH is 1. The number of rotatable bonds is 9. The summed E-state index contributed by atoms with van der Waals surface area (Å²) in [5.41, 5.74) is 6.21. The van der Waals surface area contributed by atoms with Gasteiger partial charge in [0.15, 0.2) is 0 Å². The Morgan fingerprint density at radius 1 is 1.25 bits per heavy atom. The average Bonchev–Trinajstić information content (AvgIpc) is 3.43. The van der Waals surface area contributed by atoms with E-state index in [-0.39, 0.29) is 12.6 Å². The van der Waals surface area contributed by atoms with E-state index in [1.54, 1.807) is 18.7 Å². The van der Waals surface area contributed by atoms with Crippen molar-refractivity contribution >= 4 is 22.9 Å². The Balaban J connectivity index is 1.50. The van der Waals surface area contributed by atoms with Crippen molar-refractivity contribution in [1.29, 1.82) is 0 Å². The lowest BCUT2D eigenvalue weighted by Gasteiger charge is -2.29. The molecule has 7 nitrogen and oxygen atoms in total. The van der Waals surface area contributed by atoms with Gasteiger partial charge >= 0.3 is 0 Å². The lowest BCUT2D eigenvalue weighted by Crippen LogP contribution is -2.33. The summed E-state index contributed by atoms with van der Waals surface area (Å²) in [5, 5.41) is 19.5.